The number of aromatic nitrogens is 2. The van der Waals surface area contributed by atoms with E-state index >= 15 is 0 Å². The number of hydrogen-bond acceptors (Lipinski definition) is 3. The van der Waals surface area contributed by atoms with Crippen LogP contribution in [0.3, 0.4) is 0 Å². The molecule has 0 spiro atoms. The number of rotatable bonds is 5. The van der Waals surface area contributed by atoms with Crippen molar-refractivity contribution < 1.29 is 8.78 Å². The largest absolute Gasteiger partial charge is 0.307 e. The molecule has 1 heterocycles. The molecule has 1 aromatic heterocycles. The maximum Gasteiger partial charge on any atom is 0.145 e. The van der Waals surface area contributed by atoms with Crippen molar-refractivity contribution in [2.75, 3.05) is 6.54 Å². The fraction of sp³-hybridized carbons (Fsp3) is 0.286. The minimum Gasteiger partial charge on any atom is -0.307 e. The summed E-state index contributed by atoms with van der Waals surface area (Å²) in [6.45, 7) is 2.59. The van der Waals surface area contributed by atoms with E-state index in [4.69, 9.17) is 0 Å². The van der Waals surface area contributed by atoms with Crippen LogP contribution in [0.2, 0.25) is 0 Å². The highest BCUT2D eigenvalue weighted by Gasteiger charge is 2.18. The van der Waals surface area contributed by atoms with Crippen molar-refractivity contribution in [2.24, 2.45) is 0 Å². The minimum atomic E-state index is -0.543. The zero-order valence-electron chi connectivity index (χ0n) is 10.6. The summed E-state index contributed by atoms with van der Waals surface area (Å²) in [5.41, 5.74) is 0.0564. The second kappa shape index (κ2) is 6.33. The predicted octanol–water partition coefficient (Wildman–Crippen LogP) is 2.65. The van der Waals surface area contributed by atoms with Crippen LogP contribution in [0.15, 0.2) is 36.7 Å². The number of nitrogens with zero attached hydrogens (tertiary/aromatic N) is 2. The number of halogens is 2. The van der Waals surface area contributed by atoms with Crippen LogP contribution in [0.1, 0.15) is 24.4 Å². The van der Waals surface area contributed by atoms with Gasteiger partial charge >= 0.3 is 0 Å². The molecule has 1 atom stereocenters. The molecule has 3 nitrogen and oxygen atoms in total. The lowest BCUT2D eigenvalue weighted by Gasteiger charge is -2.17. The highest BCUT2D eigenvalue weighted by atomic mass is 19.1. The van der Waals surface area contributed by atoms with Gasteiger partial charge in [-0.05, 0) is 24.7 Å². The van der Waals surface area contributed by atoms with Crippen LogP contribution in [0.4, 0.5) is 8.78 Å². The number of nitrogens with one attached hydrogen (secondary N) is 1. The van der Waals surface area contributed by atoms with Crippen molar-refractivity contribution in [1.29, 1.82) is 0 Å². The first-order valence-electron chi connectivity index (χ1n) is 6.15. The summed E-state index contributed by atoms with van der Waals surface area (Å²) in [7, 11) is 0. The average Bonchev–Trinajstić information content (AvgIpc) is 2.43. The van der Waals surface area contributed by atoms with Gasteiger partial charge in [0.2, 0.25) is 0 Å². The van der Waals surface area contributed by atoms with Gasteiger partial charge in [0.1, 0.15) is 17.5 Å². The van der Waals surface area contributed by atoms with Crippen molar-refractivity contribution in [3.8, 4) is 0 Å². The molecule has 2 rings (SSSR count). The van der Waals surface area contributed by atoms with Crippen LogP contribution < -0.4 is 5.32 Å². The first-order chi connectivity index (χ1) is 9.22. The first kappa shape index (κ1) is 13.5. The Morgan fingerprint density at radius 1 is 1.11 bits per heavy atom. The third-order valence-electron chi connectivity index (χ3n) is 2.82. The van der Waals surface area contributed by atoms with Gasteiger partial charge in [-0.15, -0.1) is 0 Å². The quantitative estimate of drug-likeness (QED) is 0.901. The van der Waals surface area contributed by atoms with Crippen molar-refractivity contribution in [2.45, 2.75) is 19.4 Å². The predicted molar refractivity (Wildman–Crippen MR) is 68.5 cm³/mol. The molecule has 0 amide bonds. The molecule has 100 valence electrons. The van der Waals surface area contributed by atoms with Crippen molar-refractivity contribution in [3.63, 3.8) is 0 Å². The smallest absolute Gasteiger partial charge is 0.145 e. The molecule has 0 radical (unpaired) electrons. The fourth-order valence-electron chi connectivity index (χ4n) is 1.92. The molecule has 1 unspecified atom stereocenters. The second-order valence-electron chi connectivity index (χ2n) is 4.12. The van der Waals surface area contributed by atoms with Gasteiger partial charge < -0.3 is 5.32 Å². The Kier molecular flexibility index (Phi) is 4.52. The van der Waals surface area contributed by atoms with E-state index in [1.165, 1.54) is 18.2 Å². The number of hydrogen-bond donors (Lipinski definition) is 1. The molecular formula is C14H15F2N3. The Bertz CT molecular complexity index is 511. The lowest BCUT2D eigenvalue weighted by molar-refractivity contribution is 0.484. The summed E-state index contributed by atoms with van der Waals surface area (Å²) < 4.78 is 27.3. The molecular weight excluding hydrogens is 248 g/mol. The summed E-state index contributed by atoms with van der Waals surface area (Å²) in [4.78, 5) is 8.27. The highest BCUT2D eigenvalue weighted by molar-refractivity contribution is 5.21. The van der Waals surface area contributed by atoms with Crippen LogP contribution in [-0.2, 0) is 6.42 Å². The molecule has 0 fully saturated rings. The summed E-state index contributed by atoms with van der Waals surface area (Å²) >= 11 is 0. The fourth-order valence-corrected chi connectivity index (χ4v) is 1.92. The normalized spacial score (nSPS) is 12.4. The van der Waals surface area contributed by atoms with Crippen LogP contribution in [-0.4, -0.2) is 16.5 Å². The molecule has 5 heteroatoms. The van der Waals surface area contributed by atoms with E-state index in [0.29, 0.717) is 12.4 Å². The van der Waals surface area contributed by atoms with Gasteiger partial charge in [-0.2, -0.15) is 0 Å². The molecule has 0 saturated heterocycles. The maximum absolute atomic E-state index is 13.7. The third kappa shape index (κ3) is 3.32. The van der Waals surface area contributed by atoms with Gasteiger partial charge in [0.15, 0.2) is 0 Å². The molecule has 0 bridgehead atoms. The zero-order valence-corrected chi connectivity index (χ0v) is 10.6. The lowest BCUT2D eigenvalue weighted by atomic mass is 10.0. The number of likely N-dealkylation sites (N-methyl/N-ethyl adjacent to an activating group) is 1. The van der Waals surface area contributed by atoms with Gasteiger partial charge in [-0.3, -0.25) is 0 Å². The monoisotopic (exact) mass is 263 g/mol. The Labute approximate surface area is 110 Å². The van der Waals surface area contributed by atoms with Gasteiger partial charge in [0.05, 0.1) is 6.04 Å². The lowest BCUT2D eigenvalue weighted by Crippen LogP contribution is -2.25. The maximum atomic E-state index is 13.7. The molecule has 0 aliphatic carbocycles. The van der Waals surface area contributed by atoms with Crippen LogP contribution >= 0.6 is 0 Å². The van der Waals surface area contributed by atoms with Crippen LogP contribution in [0.25, 0.3) is 0 Å². The van der Waals surface area contributed by atoms with Crippen LogP contribution in [0, 0.1) is 11.6 Å². The van der Waals surface area contributed by atoms with E-state index < -0.39 is 11.6 Å². The number of benzene rings is 1. The van der Waals surface area contributed by atoms with E-state index in [0.717, 1.165) is 0 Å². The molecule has 0 saturated carbocycles. The molecule has 1 aromatic carbocycles. The summed E-state index contributed by atoms with van der Waals surface area (Å²) in [6, 6.07) is 5.27. The standard InChI is InChI=1S/C14H15F2N3/c1-2-17-13(14-18-7-4-8-19-14)9-10-11(15)5-3-6-12(10)16/h3-8,13,17H,2,9H2,1H3. The van der Waals surface area contributed by atoms with E-state index in [-0.39, 0.29) is 18.0 Å². The van der Waals surface area contributed by atoms with E-state index in [2.05, 4.69) is 15.3 Å². The molecule has 0 aliphatic heterocycles. The average molecular weight is 263 g/mol. The molecule has 0 aliphatic rings. The summed E-state index contributed by atoms with van der Waals surface area (Å²) in [6.07, 6.45) is 3.41. The van der Waals surface area contributed by atoms with Gasteiger partial charge in [-0.25, -0.2) is 18.7 Å². The Morgan fingerprint density at radius 3 is 2.32 bits per heavy atom. The Hall–Kier alpha value is -1.88. The van der Waals surface area contributed by atoms with Gasteiger partial charge in [-0.1, -0.05) is 13.0 Å². The molecule has 19 heavy (non-hydrogen) atoms. The summed E-state index contributed by atoms with van der Waals surface area (Å²) in [5.74, 6) is -0.551. The van der Waals surface area contributed by atoms with Gasteiger partial charge in [0, 0.05) is 24.4 Å². The van der Waals surface area contributed by atoms with Crippen molar-refractivity contribution >= 4 is 0 Å². The van der Waals surface area contributed by atoms with E-state index in [9.17, 15) is 8.78 Å². The van der Waals surface area contributed by atoms with Gasteiger partial charge in [0.25, 0.3) is 0 Å². The topological polar surface area (TPSA) is 37.8 Å². The summed E-state index contributed by atoms with van der Waals surface area (Å²) in [5, 5.41) is 3.14. The minimum absolute atomic E-state index is 0.0564. The third-order valence-corrected chi connectivity index (χ3v) is 2.82. The molecule has 1 N–H and O–H groups in total. The zero-order chi connectivity index (χ0) is 13.7. The molecule has 2 aromatic rings. The van der Waals surface area contributed by atoms with Crippen molar-refractivity contribution in [3.05, 3.63) is 59.7 Å². The Balaban J connectivity index is 2.27. The first-order valence-corrected chi connectivity index (χ1v) is 6.15. The van der Waals surface area contributed by atoms with Crippen molar-refractivity contribution in [1.82, 2.24) is 15.3 Å². The van der Waals surface area contributed by atoms with E-state index in [1.54, 1.807) is 18.5 Å². The van der Waals surface area contributed by atoms with Crippen LogP contribution in [0.5, 0.6) is 0 Å². The SMILES string of the molecule is CCNC(Cc1c(F)cccc1F)c1ncccn1. The highest BCUT2D eigenvalue weighted by Crippen LogP contribution is 2.19. The second-order valence-corrected chi connectivity index (χ2v) is 4.12. The van der Waals surface area contributed by atoms with E-state index in [1.807, 2.05) is 6.92 Å². The Morgan fingerprint density at radius 2 is 1.74 bits per heavy atom.